The Morgan fingerprint density at radius 3 is 1.33 bits per heavy atom. The molecule has 2 fully saturated rings. The first-order valence-corrected chi connectivity index (χ1v) is 28.5. The summed E-state index contributed by atoms with van der Waals surface area (Å²) in [6.45, 7) is 11.0. The zero-order valence-electron chi connectivity index (χ0n) is 46.5. The fourth-order valence-corrected chi connectivity index (χ4v) is 13.1. The van der Waals surface area contributed by atoms with Gasteiger partial charge in [-0.15, -0.1) is 12.4 Å². The maximum atomic E-state index is 13.2. The Kier molecular flexibility index (Phi) is 22.2. The number of halogens is 1. The van der Waals surface area contributed by atoms with Gasteiger partial charge in [0.25, 0.3) is 0 Å². The Bertz CT molecular complexity index is 3130. The number of piperidine rings is 2. The van der Waals surface area contributed by atoms with E-state index in [4.69, 9.17) is 20.3 Å². The van der Waals surface area contributed by atoms with Gasteiger partial charge in [-0.3, -0.25) is 9.59 Å². The molecule has 424 valence electrons. The molecule has 2 aliphatic heterocycles. The van der Waals surface area contributed by atoms with Crippen molar-refractivity contribution >= 4 is 67.1 Å². The van der Waals surface area contributed by atoms with Crippen LogP contribution in [0.2, 0.25) is 0 Å². The van der Waals surface area contributed by atoms with E-state index in [9.17, 15) is 26.4 Å². The first kappa shape index (κ1) is 62.2. The molecule has 0 bridgehead atoms. The van der Waals surface area contributed by atoms with Crippen molar-refractivity contribution in [2.75, 3.05) is 88.4 Å². The minimum absolute atomic E-state index is 0. The highest BCUT2D eigenvalue weighted by Crippen LogP contribution is 2.33. The van der Waals surface area contributed by atoms with Crippen molar-refractivity contribution in [1.29, 1.82) is 0 Å². The largest absolute Gasteiger partial charge is 0.497 e. The molecular formula is C56H77ClN10O9S2. The quantitative estimate of drug-likeness (QED) is 0.0731. The molecule has 0 radical (unpaired) electrons. The lowest BCUT2D eigenvalue weighted by Crippen LogP contribution is -2.33. The number of aromatic nitrogens is 4. The van der Waals surface area contributed by atoms with Crippen molar-refractivity contribution in [2.45, 2.75) is 87.8 Å². The lowest BCUT2D eigenvalue weighted by molar-refractivity contribution is -0.137. The smallest absolute Gasteiger partial charge is 0.304 e. The number of nitrogens with one attached hydrogen (secondary N) is 1. The second-order valence-electron chi connectivity index (χ2n) is 19.8. The number of hydrogen-bond acceptors (Lipinski definition) is 13. The number of benzene rings is 4. The van der Waals surface area contributed by atoms with Crippen LogP contribution >= 0.6 is 12.4 Å². The summed E-state index contributed by atoms with van der Waals surface area (Å²) in [5.41, 5.74) is 14.7. The highest BCUT2D eigenvalue weighted by Gasteiger charge is 2.28. The number of nitrogen functional groups attached to an aromatic ring is 1. The van der Waals surface area contributed by atoms with Gasteiger partial charge in [0, 0.05) is 132 Å². The second-order valence-corrected chi connectivity index (χ2v) is 23.8. The first-order chi connectivity index (χ1) is 36.5. The highest BCUT2D eigenvalue weighted by molar-refractivity contribution is 7.89. The van der Waals surface area contributed by atoms with E-state index in [2.05, 4.69) is 53.4 Å². The number of carboxylic acids is 1. The van der Waals surface area contributed by atoms with Gasteiger partial charge in [0.2, 0.25) is 26.0 Å². The van der Waals surface area contributed by atoms with Crippen molar-refractivity contribution in [3.63, 3.8) is 0 Å². The topological polar surface area (TPSA) is 228 Å². The Hall–Kier alpha value is -6.65. The number of carbonyl (C=O) groups excluding carboxylic acids is 1. The molecular weight excluding hydrogens is 1060 g/mol. The molecule has 4 heterocycles. The summed E-state index contributed by atoms with van der Waals surface area (Å²) < 4.78 is 68.2. The molecule has 2 aliphatic rings. The van der Waals surface area contributed by atoms with Crippen molar-refractivity contribution in [3.05, 3.63) is 131 Å². The van der Waals surface area contributed by atoms with Gasteiger partial charge < -0.3 is 44.6 Å². The summed E-state index contributed by atoms with van der Waals surface area (Å²) >= 11 is 0. The number of rotatable bonds is 17. The maximum absolute atomic E-state index is 13.2. The molecule has 4 N–H and O–H groups in total. The van der Waals surface area contributed by atoms with Gasteiger partial charge in [0.1, 0.15) is 11.5 Å². The number of aliphatic carboxylic acids is 1. The van der Waals surface area contributed by atoms with E-state index in [0.29, 0.717) is 51.3 Å². The number of carbonyl (C=O) groups is 2. The van der Waals surface area contributed by atoms with Gasteiger partial charge in [-0.25, -0.2) is 35.4 Å². The number of methoxy groups -OCH3 is 2. The molecule has 8 rings (SSSR count). The van der Waals surface area contributed by atoms with Crippen LogP contribution < -0.4 is 30.3 Å². The molecule has 2 aromatic heterocycles. The van der Waals surface area contributed by atoms with Crippen molar-refractivity contribution in [1.82, 2.24) is 27.7 Å². The minimum Gasteiger partial charge on any atom is -0.497 e. The number of sulfonamides is 2. The number of aryl methyl sites for hydroxylation is 6. The zero-order chi connectivity index (χ0) is 56.2. The van der Waals surface area contributed by atoms with Crippen LogP contribution in [0.15, 0.2) is 108 Å². The van der Waals surface area contributed by atoms with Crippen LogP contribution in [0.1, 0.15) is 84.0 Å². The molecule has 22 heteroatoms. The third-order valence-electron chi connectivity index (χ3n) is 14.3. The lowest BCUT2D eigenvalue weighted by atomic mass is 9.93. The molecule has 78 heavy (non-hydrogen) atoms. The van der Waals surface area contributed by atoms with Crippen LogP contribution in [0, 0.1) is 27.7 Å². The summed E-state index contributed by atoms with van der Waals surface area (Å²) in [7, 11) is 2.61. The van der Waals surface area contributed by atoms with E-state index in [1.54, 1.807) is 59.1 Å². The fourth-order valence-electron chi connectivity index (χ4n) is 9.99. The van der Waals surface area contributed by atoms with Gasteiger partial charge in [-0.2, -0.15) is 0 Å². The molecule has 0 unspecified atom stereocenters. The Morgan fingerprint density at radius 2 is 1.00 bits per heavy atom. The average Bonchev–Trinajstić information content (AvgIpc) is 4.06. The van der Waals surface area contributed by atoms with Crippen LogP contribution in [0.3, 0.4) is 0 Å². The van der Waals surface area contributed by atoms with Crippen LogP contribution in [-0.2, 0) is 43.7 Å². The van der Waals surface area contributed by atoms with Crippen LogP contribution in [0.5, 0.6) is 11.5 Å². The Balaban J connectivity index is 0.000000236. The van der Waals surface area contributed by atoms with E-state index >= 15 is 0 Å². The SMILES string of the molecule is COc1cc(C)c(S(=O)(=O)N(C)CCC(=O)Nc2ccc(N3CCC(c4cncn4C)CC3)cc2)c(C)c1.COc1cc(C)c(S(=O)(=O)N(C)CCC(=O)O)c(C)c1.Cl.Cn1cncc1C1CCN(c2ccc(N)cc2)CC1. The molecule has 2 saturated heterocycles. The molecule has 19 nitrogen and oxygen atoms in total. The molecule has 0 saturated carbocycles. The summed E-state index contributed by atoms with van der Waals surface area (Å²) in [5.74, 6) is 1.10. The second kappa shape index (κ2) is 27.8. The number of hydrogen-bond donors (Lipinski definition) is 3. The number of ether oxygens (including phenoxy) is 2. The van der Waals surface area contributed by atoms with E-state index < -0.39 is 26.0 Å². The predicted octanol–water partition coefficient (Wildman–Crippen LogP) is 8.29. The third kappa shape index (κ3) is 15.8. The van der Waals surface area contributed by atoms with Gasteiger partial charge in [-0.1, -0.05) is 0 Å². The van der Waals surface area contributed by atoms with Crippen molar-refractivity contribution in [2.24, 2.45) is 14.1 Å². The minimum atomic E-state index is -3.75. The average molecular weight is 1130 g/mol. The Morgan fingerprint density at radius 1 is 0.641 bits per heavy atom. The molecule has 0 aliphatic carbocycles. The summed E-state index contributed by atoms with van der Waals surface area (Å²) in [4.78, 5) is 36.9. The van der Waals surface area contributed by atoms with E-state index in [1.165, 1.54) is 55.4 Å². The summed E-state index contributed by atoms with van der Waals surface area (Å²) in [5, 5.41) is 11.5. The van der Waals surface area contributed by atoms with Crippen LogP contribution in [0.4, 0.5) is 22.7 Å². The first-order valence-electron chi connectivity index (χ1n) is 25.7. The van der Waals surface area contributed by atoms with Crippen molar-refractivity contribution < 1.29 is 41.0 Å². The van der Waals surface area contributed by atoms with Crippen LogP contribution in [0.25, 0.3) is 0 Å². The molecule has 4 aromatic carbocycles. The standard InChI is InChI=1S/C28H37N5O4S.C15H20N4.C13H19NO5S.ClH/c1-20-16-25(37-5)17-21(2)28(20)38(35,36)32(4)13-12-27(34)30-23-6-8-24(9-7-23)33-14-10-22(11-15-33)26-18-29-19-31(26)3;1-18-11-17-10-15(18)12-6-8-19(9-7-12)14-4-2-13(16)3-5-14;1-9-7-11(19-4)8-10(2)13(9)20(17,18)14(3)6-5-12(15)16;/h6-9,16-19,22H,10-15H2,1-5H3,(H,30,34);2-5,10-12H,6-9,16H2,1H3;7-8H,5-6H2,1-4H3,(H,15,16);1H. The Labute approximate surface area is 466 Å². The maximum Gasteiger partial charge on any atom is 0.304 e. The van der Waals surface area contributed by atoms with E-state index in [0.717, 1.165) is 54.7 Å². The predicted molar refractivity (Wildman–Crippen MR) is 309 cm³/mol. The zero-order valence-corrected chi connectivity index (χ0v) is 48.9. The van der Waals surface area contributed by atoms with E-state index in [-0.39, 0.29) is 54.0 Å². The number of anilines is 4. The van der Waals surface area contributed by atoms with E-state index in [1.807, 2.05) is 68.5 Å². The number of nitrogens with zero attached hydrogens (tertiary/aromatic N) is 8. The lowest BCUT2D eigenvalue weighted by Gasteiger charge is -2.33. The fraction of sp³-hybridized carbons (Fsp3) is 0.429. The van der Waals surface area contributed by atoms with Gasteiger partial charge in [-0.05, 0) is 148 Å². The normalized spacial score (nSPS) is 14.2. The number of imidazole rings is 2. The van der Waals surface area contributed by atoms with Crippen LogP contribution in [-0.4, -0.2) is 129 Å². The molecule has 0 spiro atoms. The summed E-state index contributed by atoms with van der Waals surface area (Å²) in [6.07, 6.45) is 12.0. The monoisotopic (exact) mass is 1130 g/mol. The molecule has 1 amide bonds. The number of amides is 1. The highest BCUT2D eigenvalue weighted by atomic mass is 35.5. The third-order valence-corrected chi connectivity index (χ3v) is 18.6. The molecule has 6 aromatic rings. The van der Waals surface area contributed by atoms with Gasteiger partial charge in [0.05, 0.1) is 43.1 Å². The number of carboxylic acid groups (broad SMARTS) is 1. The van der Waals surface area contributed by atoms with Crippen molar-refractivity contribution in [3.8, 4) is 11.5 Å². The number of nitrogens with two attached hydrogens (primary N) is 1. The van der Waals surface area contributed by atoms with Gasteiger partial charge in [0.15, 0.2) is 0 Å². The van der Waals surface area contributed by atoms with Gasteiger partial charge >= 0.3 is 5.97 Å². The summed E-state index contributed by atoms with van der Waals surface area (Å²) in [6, 6.07) is 22.7. The molecule has 0 atom stereocenters.